The molecule has 0 bridgehead atoms. The highest BCUT2D eigenvalue weighted by atomic mass is 16.5. The van der Waals surface area contributed by atoms with Crippen molar-refractivity contribution in [3.63, 3.8) is 0 Å². The normalized spacial score (nSPS) is 10.5. The van der Waals surface area contributed by atoms with Gasteiger partial charge in [-0.25, -0.2) is 0 Å². The number of nitrogens with zero attached hydrogens (tertiary/aromatic N) is 3. The van der Waals surface area contributed by atoms with E-state index in [-0.39, 0.29) is 24.2 Å². The van der Waals surface area contributed by atoms with Crippen LogP contribution < -0.4 is 20.3 Å². The third-order valence-corrected chi connectivity index (χ3v) is 5.05. The minimum Gasteiger partial charge on any atom is -0.497 e. The number of carbonyl (C=O) groups is 3. The molecule has 1 aromatic heterocycles. The molecule has 3 rings (SSSR count). The molecular weight excluding hydrogens is 444 g/mol. The molecule has 0 fully saturated rings. The van der Waals surface area contributed by atoms with E-state index in [1.165, 1.54) is 28.4 Å². The van der Waals surface area contributed by atoms with E-state index in [1.54, 1.807) is 42.5 Å². The van der Waals surface area contributed by atoms with Crippen LogP contribution in [0.2, 0.25) is 0 Å². The molecule has 2 aromatic carbocycles. The number of hydrogen-bond donors (Lipinski definition) is 1. The molecule has 0 saturated heterocycles. The standard InChI is InChI=1S/C23H24N4O7/c1-26(13-20(29)34-4)19(28)12-24-22(30)21-15-7-5-6-8-16(15)23(31)27(25-21)17-10-9-14(32-2)11-18(17)33-3/h5-11H,12-13H2,1-4H3,(H,24,30). The lowest BCUT2D eigenvalue weighted by molar-refractivity contribution is -0.145. The topological polar surface area (TPSA) is 129 Å². The summed E-state index contributed by atoms with van der Waals surface area (Å²) in [5, 5.41) is 7.37. The number of carbonyl (C=O) groups excluding carboxylic acids is 3. The van der Waals surface area contributed by atoms with Gasteiger partial charge in [-0.1, -0.05) is 18.2 Å². The number of aromatic nitrogens is 2. The first-order valence-corrected chi connectivity index (χ1v) is 10.1. The van der Waals surface area contributed by atoms with Crippen LogP contribution in [0.4, 0.5) is 0 Å². The van der Waals surface area contributed by atoms with Crippen LogP contribution in [0.5, 0.6) is 11.5 Å². The minimum absolute atomic E-state index is 0.0588. The van der Waals surface area contributed by atoms with Gasteiger partial charge in [-0.3, -0.25) is 19.2 Å². The molecule has 1 heterocycles. The lowest BCUT2D eigenvalue weighted by Crippen LogP contribution is -2.41. The number of likely N-dealkylation sites (N-methyl/N-ethyl adjacent to an activating group) is 1. The van der Waals surface area contributed by atoms with E-state index < -0.39 is 23.3 Å². The van der Waals surface area contributed by atoms with Gasteiger partial charge < -0.3 is 24.4 Å². The van der Waals surface area contributed by atoms with E-state index in [2.05, 4.69) is 15.2 Å². The van der Waals surface area contributed by atoms with Gasteiger partial charge in [0.15, 0.2) is 5.69 Å². The average Bonchev–Trinajstić information content (AvgIpc) is 2.86. The molecule has 11 heteroatoms. The minimum atomic E-state index is -0.669. The highest BCUT2D eigenvalue weighted by Crippen LogP contribution is 2.27. The van der Waals surface area contributed by atoms with Crippen LogP contribution in [-0.4, -0.2) is 73.9 Å². The van der Waals surface area contributed by atoms with E-state index >= 15 is 0 Å². The molecule has 0 spiro atoms. The van der Waals surface area contributed by atoms with Crippen LogP contribution in [0.1, 0.15) is 10.5 Å². The van der Waals surface area contributed by atoms with E-state index in [4.69, 9.17) is 9.47 Å². The Morgan fingerprint density at radius 2 is 1.74 bits per heavy atom. The predicted molar refractivity (Wildman–Crippen MR) is 122 cm³/mol. The third kappa shape index (κ3) is 4.98. The number of hydrogen-bond acceptors (Lipinski definition) is 8. The zero-order chi connectivity index (χ0) is 24.8. The van der Waals surface area contributed by atoms with Crippen LogP contribution in [-0.2, 0) is 14.3 Å². The predicted octanol–water partition coefficient (Wildman–Crippen LogP) is 0.764. The second-order valence-corrected chi connectivity index (χ2v) is 7.16. The summed E-state index contributed by atoms with van der Waals surface area (Å²) in [6.45, 7) is -0.637. The van der Waals surface area contributed by atoms with Crippen molar-refractivity contribution >= 4 is 28.6 Å². The zero-order valence-electron chi connectivity index (χ0n) is 19.2. The maximum Gasteiger partial charge on any atom is 0.325 e. The Bertz CT molecular complexity index is 1300. The fourth-order valence-corrected chi connectivity index (χ4v) is 3.20. The Labute approximate surface area is 194 Å². The summed E-state index contributed by atoms with van der Waals surface area (Å²) in [5.74, 6) is -0.932. The molecule has 1 N–H and O–H groups in total. The zero-order valence-corrected chi connectivity index (χ0v) is 19.2. The molecule has 0 saturated carbocycles. The van der Waals surface area contributed by atoms with Gasteiger partial charge in [-0.2, -0.15) is 9.78 Å². The monoisotopic (exact) mass is 468 g/mol. The summed E-state index contributed by atoms with van der Waals surface area (Å²) in [7, 11) is 5.57. The highest BCUT2D eigenvalue weighted by Gasteiger charge is 2.21. The van der Waals surface area contributed by atoms with Gasteiger partial charge >= 0.3 is 5.97 Å². The largest absolute Gasteiger partial charge is 0.497 e. The van der Waals surface area contributed by atoms with Crippen molar-refractivity contribution in [2.45, 2.75) is 0 Å². The van der Waals surface area contributed by atoms with Crippen LogP contribution in [0.15, 0.2) is 47.3 Å². The highest BCUT2D eigenvalue weighted by molar-refractivity contribution is 6.05. The number of benzene rings is 2. The molecule has 178 valence electrons. The van der Waals surface area contributed by atoms with Crippen LogP contribution in [0, 0.1) is 0 Å². The molecule has 0 aliphatic heterocycles. The van der Waals surface area contributed by atoms with Gasteiger partial charge in [0.25, 0.3) is 11.5 Å². The Kier molecular flexibility index (Phi) is 7.46. The van der Waals surface area contributed by atoms with Crippen molar-refractivity contribution in [3.05, 3.63) is 58.5 Å². The van der Waals surface area contributed by atoms with Crippen LogP contribution in [0.3, 0.4) is 0 Å². The number of methoxy groups -OCH3 is 3. The van der Waals surface area contributed by atoms with E-state index in [0.29, 0.717) is 22.6 Å². The lowest BCUT2D eigenvalue weighted by atomic mass is 10.1. The molecule has 0 aliphatic rings. The summed E-state index contributed by atoms with van der Waals surface area (Å²) in [4.78, 5) is 51.0. The first-order valence-electron chi connectivity index (χ1n) is 10.1. The second-order valence-electron chi connectivity index (χ2n) is 7.16. The second kappa shape index (κ2) is 10.5. The molecule has 0 radical (unpaired) electrons. The van der Waals surface area contributed by atoms with Gasteiger partial charge in [0, 0.05) is 18.5 Å². The molecular formula is C23H24N4O7. The Morgan fingerprint density at radius 1 is 1.03 bits per heavy atom. The number of ether oxygens (including phenoxy) is 3. The molecule has 3 aromatic rings. The van der Waals surface area contributed by atoms with Crippen molar-refractivity contribution < 1.29 is 28.6 Å². The summed E-state index contributed by atoms with van der Waals surface area (Å²) >= 11 is 0. The number of nitrogens with one attached hydrogen (secondary N) is 1. The summed E-state index contributed by atoms with van der Waals surface area (Å²) in [5.41, 5.74) is -0.206. The number of fused-ring (bicyclic) bond motifs is 1. The molecule has 34 heavy (non-hydrogen) atoms. The van der Waals surface area contributed by atoms with Crippen molar-refractivity contribution in [1.82, 2.24) is 20.0 Å². The van der Waals surface area contributed by atoms with E-state index in [0.717, 1.165) is 9.58 Å². The number of amides is 2. The Balaban J connectivity index is 2.00. The molecule has 11 nitrogen and oxygen atoms in total. The molecule has 0 aliphatic carbocycles. The van der Waals surface area contributed by atoms with Crippen molar-refractivity contribution in [1.29, 1.82) is 0 Å². The molecule has 0 unspecified atom stereocenters. The maximum absolute atomic E-state index is 13.2. The average molecular weight is 468 g/mol. The number of rotatable bonds is 8. The molecule has 2 amide bonds. The molecule has 0 atom stereocenters. The number of esters is 1. The van der Waals surface area contributed by atoms with Gasteiger partial charge in [-0.15, -0.1) is 0 Å². The van der Waals surface area contributed by atoms with E-state index in [9.17, 15) is 19.2 Å². The van der Waals surface area contributed by atoms with Crippen LogP contribution in [0.25, 0.3) is 16.5 Å². The Hall–Kier alpha value is -4.41. The Morgan fingerprint density at radius 3 is 2.38 bits per heavy atom. The fraction of sp³-hybridized carbons (Fsp3) is 0.261. The summed E-state index contributed by atoms with van der Waals surface area (Å²) in [6.07, 6.45) is 0. The summed E-state index contributed by atoms with van der Waals surface area (Å²) in [6, 6.07) is 11.3. The first-order chi connectivity index (χ1) is 16.3. The maximum atomic E-state index is 13.2. The van der Waals surface area contributed by atoms with Gasteiger partial charge in [0.2, 0.25) is 5.91 Å². The van der Waals surface area contributed by atoms with Crippen molar-refractivity contribution in [2.24, 2.45) is 0 Å². The van der Waals surface area contributed by atoms with Crippen molar-refractivity contribution in [2.75, 3.05) is 41.5 Å². The first kappa shape index (κ1) is 24.2. The SMILES string of the molecule is COC(=O)CN(C)C(=O)CNC(=O)c1nn(-c2ccc(OC)cc2OC)c(=O)c2ccccc12. The smallest absolute Gasteiger partial charge is 0.325 e. The summed E-state index contributed by atoms with van der Waals surface area (Å²) < 4.78 is 16.2. The van der Waals surface area contributed by atoms with Gasteiger partial charge in [-0.05, 0) is 18.2 Å². The van der Waals surface area contributed by atoms with E-state index in [1.807, 2.05) is 0 Å². The van der Waals surface area contributed by atoms with Crippen LogP contribution >= 0.6 is 0 Å². The fourth-order valence-electron chi connectivity index (χ4n) is 3.20. The third-order valence-electron chi connectivity index (χ3n) is 5.05. The van der Waals surface area contributed by atoms with Gasteiger partial charge in [0.05, 0.1) is 33.3 Å². The quantitative estimate of drug-likeness (QED) is 0.480. The van der Waals surface area contributed by atoms with Crippen molar-refractivity contribution in [3.8, 4) is 17.2 Å². The van der Waals surface area contributed by atoms with Gasteiger partial charge in [0.1, 0.15) is 23.7 Å². The lowest BCUT2D eigenvalue weighted by Gasteiger charge is -2.16.